The van der Waals surface area contributed by atoms with Gasteiger partial charge in [-0.15, -0.1) is 0 Å². The molecule has 2 aromatic rings. The second-order valence-corrected chi connectivity index (χ2v) is 6.25. The SMILES string of the molecule is CCc1cn[nH]c1NS(=O)(=O)N(C)Cc1ccccc1. The highest BCUT2D eigenvalue weighted by molar-refractivity contribution is 7.90. The number of H-pyrrole nitrogens is 1. The normalized spacial score (nSPS) is 11.8. The van der Waals surface area contributed by atoms with Crippen molar-refractivity contribution in [1.82, 2.24) is 14.5 Å². The van der Waals surface area contributed by atoms with E-state index in [0.717, 1.165) is 11.1 Å². The molecule has 0 bridgehead atoms. The van der Waals surface area contributed by atoms with Gasteiger partial charge in [-0.2, -0.15) is 17.8 Å². The third-order valence-corrected chi connectivity index (χ3v) is 4.40. The zero-order valence-electron chi connectivity index (χ0n) is 11.5. The van der Waals surface area contributed by atoms with Crippen molar-refractivity contribution in [1.29, 1.82) is 0 Å². The molecule has 0 radical (unpaired) electrons. The molecule has 2 N–H and O–H groups in total. The monoisotopic (exact) mass is 294 g/mol. The molecule has 0 aliphatic rings. The molecule has 0 aliphatic carbocycles. The fourth-order valence-electron chi connectivity index (χ4n) is 1.80. The molecule has 0 saturated carbocycles. The van der Waals surface area contributed by atoms with E-state index in [2.05, 4.69) is 14.9 Å². The van der Waals surface area contributed by atoms with Gasteiger partial charge in [0.25, 0.3) is 0 Å². The first kappa shape index (κ1) is 14.5. The van der Waals surface area contributed by atoms with Crippen LogP contribution in [-0.2, 0) is 23.2 Å². The summed E-state index contributed by atoms with van der Waals surface area (Å²) in [5, 5.41) is 6.51. The van der Waals surface area contributed by atoms with Crippen molar-refractivity contribution in [2.75, 3.05) is 11.8 Å². The summed E-state index contributed by atoms with van der Waals surface area (Å²) >= 11 is 0. The number of aromatic amines is 1. The molecule has 7 heteroatoms. The van der Waals surface area contributed by atoms with E-state index in [0.29, 0.717) is 18.8 Å². The van der Waals surface area contributed by atoms with Crippen molar-refractivity contribution in [2.45, 2.75) is 19.9 Å². The predicted molar refractivity (Wildman–Crippen MR) is 78.4 cm³/mol. The molecule has 0 fully saturated rings. The van der Waals surface area contributed by atoms with Gasteiger partial charge >= 0.3 is 10.2 Å². The van der Waals surface area contributed by atoms with Crippen LogP contribution in [0.3, 0.4) is 0 Å². The van der Waals surface area contributed by atoms with E-state index >= 15 is 0 Å². The Kier molecular flexibility index (Phi) is 4.41. The maximum atomic E-state index is 12.2. The number of hydrogen-bond donors (Lipinski definition) is 2. The number of nitrogens with one attached hydrogen (secondary N) is 2. The molecule has 1 aromatic heterocycles. The van der Waals surface area contributed by atoms with Gasteiger partial charge in [0.05, 0.1) is 6.20 Å². The summed E-state index contributed by atoms with van der Waals surface area (Å²) in [6.45, 7) is 2.25. The number of nitrogens with zero attached hydrogens (tertiary/aromatic N) is 2. The van der Waals surface area contributed by atoms with Gasteiger partial charge in [-0.3, -0.25) is 9.82 Å². The topological polar surface area (TPSA) is 78.1 Å². The molecule has 1 heterocycles. The standard InChI is InChI=1S/C13H18N4O2S/c1-3-12-9-14-15-13(12)16-20(18,19)17(2)10-11-7-5-4-6-8-11/h4-9H,3,10H2,1-2H3,(H2,14,15,16). The third-order valence-electron chi connectivity index (χ3n) is 2.99. The lowest BCUT2D eigenvalue weighted by Gasteiger charge is -2.18. The highest BCUT2D eigenvalue weighted by atomic mass is 32.2. The molecule has 20 heavy (non-hydrogen) atoms. The first-order chi connectivity index (χ1) is 9.53. The van der Waals surface area contributed by atoms with Gasteiger partial charge in [0, 0.05) is 19.2 Å². The van der Waals surface area contributed by atoms with Crippen LogP contribution in [0.1, 0.15) is 18.1 Å². The first-order valence-electron chi connectivity index (χ1n) is 6.33. The van der Waals surface area contributed by atoms with Crippen molar-refractivity contribution in [3.05, 3.63) is 47.7 Å². The van der Waals surface area contributed by atoms with Crippen LogP contribution in [0.15, 0.2) is 36.5 Å². The second kappa shape index (κ2) is 6.06. The number of aryl methyl sites for hydroxylation is 1. The fraction of sp³-hybridized carbons (Fsp3) is 0.308. The van der Waals surface area contributed by atoms with Crippen molar-refractivity contribution in [3.63, 3.8) is 0 Å². The Labute approximate surface area is 119 Å². The Morgan fingerprint density at radius 1 is 1.30 bits per heavy atom. The smallest absolute Gasteiger partial charge is 0.262 e. The van der Waals surface area contributed by atoms with Gasteiger partial charge in [0.2, 0.25) is 0 Å². The number of hydrogen-bond acceptors (Lipinski definition) is 3. The average Bonchev–Trinajstić information content (AvgIpc) is 2.86. The van der Waals surface area contributed by atoms with Crippen molar-refractivity contribution in [2.24, 2.45) is 0 Å². The summed E-state index contributed by atoms with van der Waals surface area (Å²) in [6.07, 6.45) is 2.33. The Morgan fingerprint density at radius 2 is 2.00 bits per heavy atom. The molecule has 0 atom stereocenters. The quantitative estimate of drug-likeness (QED) is 0.852. The van der Waals surface area contributed by atoms with Crippen molar-refractivity contribution in [3.8, 4) is 0 Å². The van der Waals surface area contributed by atoms with Crippen LogP contribution in [0.25, 0.3) is 0 Å². The van der Waals surface area contributed by atoms with E-state index in [1.165, 1.54) is 11.4 Å². The van der Waals surface area contributed by atoms with Gasteiger partial charge in [-0.25, -0.2) is 0 Å². The van der Waals surface area contributed by atoms with E-state index in [1.54, 1.807) is 6.20 Å². The van der Waals surface area contributed by atoms with E-state index < -0.39 is 10.2 Å². The zero-order valence-corrected chi connectivity index (χ0v) is 12.3. The zero-order chi connectivity index (χ0) is 14.6. The molecule has 1 aromatic carbocycles. The number of rotatable bonds is 6. The summed E-state index contributed by atoms with van der Waals surface area (Å²) in [6, 6.07) is 9.44. The summed E-state index contributed by atoms with van der Waals surface area (Å²) in [4.78, 5) is 0. The molecule has 108 valence electrons. The molecular formula is C13H18N4O2S. The molecule has 0 spiro atoms. The molecule has 0 amide bonds. The maximum Gasteiger partial charge on any atom is 0.302 e. The van der Waals surface area contributed by atoms with Gasteiger partial charge in [0.15, 0.2) is 0 Å². The molecule has 0 aliphatic heterocycles. The molecular weight excluding hydrogens is 276 g/mol. The Balaban J connectivity index is 2.10. The van der Waals surface area contributed by atoms with Crippen LogP contribution in [0.2, 0.25) is 0 Å². The maximum absolute atomic E-state index is 12.2. The summed E-state index contributed by atoms with van der Waals surface area (Å²) < 4.78 is 28.3. The van der Waals surface area contributed by atoms with Crippen LogP contribution in [0, 0.1) is 0 Å². The Hall–Kier alpha value is -1.86. The number of benzene rings is 1. The van der Waals surface area contributed by atoms with Crippen LogP contribution >= 0.6 is 0 Å². The summed E-state index contributed by atoms with van der Waals surface area (Å²) in [7, 11) is -2.06. The minimum absolute atomic E-state index is 0.311. The number of anilines is 1. The molecule has 2 rings (SSSR count). The van der Waals surface area contributed by atoms with Gasteiger partial charge in [-0.05, 0) is 12.0 Å². The molecule has 6 nitrogen and oxygen atoms in total. The lowest BCUT2D eigenvalue weighted by molar-refractivity contribution is 0.471. The Morgan fingerprint density at radius 3 is 2.65 bits per heavy atom. The average molecular weight is 294 g/mol. The lowest BCUT2D eigenvalue weighted by atomic mass is 10.2. The molecule has 0 saturated heterocycles. The third kappa shape index (κ3) is 3.37. The predicted octanol–water partition coefficient (Wildman–Crippen LogP) is 1.76. The van der Waals surface area contributed by atoms with Gasteiger partial charge < -0.3 is 0 Å². The minimum Gasteiger partial charge on any atom is -0.262 e. The largest absolute Gasteiger partial charge is 0.302 e. The van der Waals surface area contributed by atoms with E-state index in [-0.39, 0.29) is 0 Å². The minimum atomic E-state index is -3.60. The van der Waals surface area contributed by atoms with Crippen LogP contribution in [0.5, 0.6) is 0 Å². The van der Waals surface area contributed by atoms with Crippen molar-refractivity contribution < 1.29 is 8.42 Å². The second-order valence-electron chi connectivity index (χ2n) is 4.47. The van der Waals surface area contributed by atoms with Gasteiger partial charge in [-0.1, -0.05) is 37.3 Å². The highest BCUT2D eigenvalue weighted by Gasteiger charge is 2.19. The highest BCUT2D eigenvalue weighted by Crippen LogP contribution is 2.15. The lowest BCUT2D eigenvalue weighted by Crippen LogP contribution is -2.32. The van der Waals surface area contributed by atoms with Crippen LogP contribution in [0.4, 0.5) is 5.82 Å². The summed E-state index contributed by atoms with van der Waals surface area (Å²) in [5.41, 5.74) is 1.77. The number of aromatic nitrogens is 2. The van der Waals surface area contributed by atoms with Crippen LogP contribution < -0.4 is 4.72 Å². The fourth-order valence-corrected chi connectivity index (χ4v) is 2.71. The van der Waals surface area contributed by atoms with Gasteiger partial charge in [0.1, 0.15) is 5.82 Å². The first-order valence-corrected chi connectivity index (χ1v) is 7.77. The van der Waals surface area contributed by atoms with E-state index in [1.807, 2.05) is 37.3 Å². The Bertz CT molecular complexity index is 652. The van der Waals surface area contributed by atoms with E-state index in [9.17, 15) is 8.42 Å². The van der Waals surface area contributed by atoms with Crippen LogP contribution in [-0.4, -0.2) is 30.0 Å². The van der Waals surface area contributed by atoms with Crippen molar-refractivity contribution >= 4 is 16.0 Å². The molecule has 0 unspecified atom stereocenters. The summed E-state index contributed by atoms with van der Waals surface area (Å²) in [5.74, 6) is 0.424. The van der Waals surface area contributed by atoms with E-state index in [4.69, 9.17) is 0 Å².